The number of thiazole rings is 1. The summed E-state index contributed by atoms with van der Waals surface area (Å²) in [6.45, 7) is 0.400. The predicted octanol–water partition coefficient (Wildman–Crippen LogP) is 2.45. The van der Waals surface area contributed by atoms with E-state index in [9.17, 15) is 4.79 Å². The fourth-order valence-electron chi connectivity index (χ4n) is 1.59. The van der Waals surface area contributed by atoms with Gasteiger partial charge in [0.25, 0.3) is 0 Å². The summed E-state index contributed by atoms with van der Waals surface area (Å²) in [5.41, 5.74) is 3.59. The first-order valence-electron chi connectivity index (χ1n) is 6.14. The second-order valence-electron chi connectivity index (χ2n) is 4.00. The number of rotatable bonds is 6. The molecular formula is C13H16N4O3S. The quantitative estimate of drug-likeness (QED) is 0.714. The van der Waals surface area contributed by atoms with Gasteiger partial charge >= 0.3 is 6.03 Å². The Labute approximate surface area is 126 Å². The van der Waals surface area contributed by atoms with Crippen LogP contribution in [0, 0.1) is 0 Å². The van der Waals surface area contributed by atoms with Crippen molar-refractivity contribution < 1.29 is 14.4 Å². The lowest BCUT2D eigenvalue weighted by Gasteiger charge is -2.07. The zero-order valence-corrected chi connectivity index (χ0v) is 12.5. The number of anilines is 2. The Morgan fingerprint density at radius 1 is 1.38 bits per heavy atom. The van der Waals surface area contributed by atoms with E-state index in [-0.39, 0.29) is 6.03 Å². The molecule has 0 atom stereocenters. The number of methoxy groups -OCH3 is 1. The summed E-state index contributed by atoms with van der Waals surface area (Å²) in [4.78, 5) is 20.6. The van der Waals surface area contributed by atoms with Gasteiger partial charge in [-0.25, -0.2) is 9.78 Å². The Balaban J connectivity index is 1.83. The van der Waals surface area contributed by atoms with E-state index < -0.39 is 0 Å². The van der Waals surface area contributed by atoms with Crippen LogP contribution in [0.4, 0.5) is 14.9 Å². The van der Waals surface area contributed by atoms with Crippen molar-refractivity contribution >= 4 is 27.5 Å². The summed E-state index contributed by atoms with van der Waals surface area (Å²) in [5, 5.41) is 6.59. The van der Waals surface area contributed by atoms with Gasteiger partial charge in [0.05, 0.1) is 20.4 Å². The minimum absolute atomic E-state index is 0.323. The van der Waals surface area contributed by atoms with Crippen molar-refractivity contribution in [3.63, 3.8) is 0 Å². The number of hydrogen-bond acceptors (Lipinski definition) is 6. The van der Waals surface area contributed by atoms with Crippen molar-refractivity contribution in [2.24, 2.45) is 0 Å². The summed E-state index contributed by atoms with van der Waals surface area (Å²) < 4.78 is 5.13. The molecule has 112 valence electrons. The topological polar surface area (TPSA) is 84.5 Å². The molecule has 7 nitrogen and oxygen atoms in total. The molecule has 1 aromatic carbocycles. The predicted molar refractivity (Wildman–Crippen MR) is 81.6 cm³/mol. The van der Waals surface area contributed by atoms with E-state index >= 15 is 0 Å². The van der Waals surface area contributed by atoms with Gasteiger partial charge in [-0.3, -0.25) is 15.6 Å². The van der Waals surface area contributed by atoms with Gasteiger partial charge in [0.1, 0.15) is 10.8 Å². The van der Waals surface area contributed by atoms with Crippen LogP contribution in [0.15, 0.2) is 30.5 Å². The molecule has 0 aliphatic rings. The molecule has 0 spiro atoms. The van der Waals surface area contributed by atoms with Gasteiger partial charge in [-0.2, -0.15) is 0 Å². The lowest BCUT2D eigenvalue weighted by molar-refractivity contribution is 0.251. The van der Waals surface area contributed by atoms with Gasteiger partial charge in [-0.1, -0.05) is 23.5 Å². The van der Waals surface area contributed by atoms with Crippen LogP contribution in [0.5, 0.6) is 5.75 Å². The standard InChI is InChI=1S/C13H16N4O3S/c1-19-10-5-3-4-9(6-10)7-14-12(18)16-13-15-8-11(21-13)17-20-2/h3-6,8,17H,7H2,1-2H3,(H2,14,15,16,18). The Morgan fingerprint density at radius 3 is 3.00 bits per heavy atom. The number of ether oxygens (including phenoxy) is 1. The average molecular weight is 308 g/mol. The third kappa shape index (κ3) is 4.62. The number of urea groups is 1. The first kappa shape index (κ1) is 15.1. The minimum Gasteiger partial charge on any atom is -0.497 e. The van der Waals surface area contributed by atoms with Crippen molar-refractivity contribution in [3.05, 3.63) is 36.0 Å². The van der Waals surface area contributed by atoms with E-state index in [0.29, 0.717) is 16.7 Å². The molecule has 21 heavy (non-hydrogen) atoms. The lowest BCUT2D eigenvalue weighted by Crippen LogP contribution is -2.28. The fourth-order valence-corrected chi connectivity index (χ4v) is 2.27. The van der Waals surface area contributed by atoms with E-state index in [1.807, 2.05) is 24.3 Å². The van der Waals surface area contributed by atoms with Crippen molar-refractivity contribution in [1.82, 2.24) is 10.3 Å². The number of hydrogen-bond donors (Lipinski definition) is 3. The Hall–Kier alpha value is -2.32. The molecule has 1 heterocycles. The van der Waals surface area contributed by atoms with Crippen LogP contribution >= 0.6 is 11.3 Å². The van der Waals surface area contributed by atoms with Gasteiger partial charge < -0.3 is 10.1 Å². The van der Waals surface area contributed by atoms with E-state index in [0.717, 1.165) is 11.3 Å². The van der Waals surface area contributed by atoms with Gasteiger partial charge in [-0.15, -0.1) is 0 Å². The van der Waals surface area contributed by atoms with E-state index in [4.69, 9.17) is 9.57 Å². The molecule has 2 rings (SSSR count). The minimum atomic E-state index is -0.323. The number of amides is 2. The number of nitrogens with zero attached hydrogens (tertiary/aromatic N) is 1. The molecule has 0 saturated carbocycles. The van der Waals surface area contributed by atoms with Gasteiger partial charge in [0, 0.05) is 6.54 Å². The average Bonchev–Trinajstić information content (AvgIpc) is 2.93. The van der Waals surface area contributed by atoms with E-state index in [2.05, 4.69) is 21.1 Å². The summed E-state index contributed by atoms with van der Waals surface area (Å²) in [6.07, 6.45) is 1.58. The summed E-state index contributed by atoms with van der Waals surface area (Å²) in [5.74, 6) is 0.755. The molecule has 1 aromatic heterocycles. The zero-order valence-electron chi connectivity index (χ0n) is 11.7. The Morgan fingerprint density at radius 2 is 2.24 bits per heavy atom. The second kappa shape index (κ2) is 7.46. The fraction of sp³-hybridized carbons (Fsp3) is 0.231. The van der Waals surface area contributed by atoms with Crippen molar-refractivity contribution in [2.45, 2.75) is 6.54 Å². The number of nitrogens with one attached hydrogen (secondary N) is 3. The number of carbonyl (C=O) groups excluding carboxylic acids is 1. The summed E-state index contributed by atoms with van der Waals surface area (Å²) in [6, 6.07) is 7.17. The number of carbonyl (C=O) groups is 1. The van der Waals surface area contributed by atoms with Gasteiger partial charge in [0.15, 0.2) is 5.13 Å². The molecular weight excluding hydrogens is 292 g/mol. The highest BCUT2D eigenvalue weighted by molar-refractivity contribution is 7.19. The van der Waals surface area contributed by atoms with Crippen LogP contribution in [-0.2, 0) is 11.4 Å². The Kier molecular flexibility index (Phi) is 5.35. The lowest BCUT2D eigenvalue weighted by atomic mass is 10.2. The smallest absolute Gasteiger partial charge is 0.321 e. The van der Waals surface area contributed by atoms with Gasteiger partial charge in [0.2, 0.25) is 0 Å². The molecule has 0 radical (unpaired) electrons. The highest BCUT2D eigenvalue weighted by Gasteiger charge is 2.06. The monoisotopic (exact) mass is 308 g/mol. The maximum absolute atomic E-state index is 11.8. The first-order valence-corrected chi connectivity index (χ1v) is 6.95. The highest BCUT2D eigenvalue weighted by atomic mass is 32.1. The SMILES string of the molecule is CONc1cnc(NC(=O)NCc2cccc(OC)c2)s1. The summed E-state index contributed by atoms with van der Waals surface area (Å²) in [7, 11) is 3.11. The maximum atomic E-state index is 11.8. The molecule has 0 aliphatic carbocycles. The molecule has 0 bridgehead atoms. The van der Waals surface area contributed by atoms with Crippen LogP contribution in [0.25, 0.3) is 0 Å². The van der Waals surface area contributed by atoms with E-state index in [1.165, 1.54) is 18.4 Å². The molecule has 0 unspecified atom stereocenters. The van der Waals surface area contributed by atoms with Crippen molar-refractivity contribution in [2.75, 3.05) is 25.0 Å². The number of benzene rings is 1. The molecule has 2 amide bonds. The van der Waals surface area contributed by atoms with Crippen LogP contribution < -0.4 is 20.9 Å². The second-order valence-corrected chi connectivity index (χ2v) is 5.03. The third-order valence-electron chi connectivity index (χ3n) is 2.52. The van der Waals surface area contributed by atoms with Crippen molar-refractivity contribution in [1.29, 1.82) is 0 Å². The molecule has 0 fully saturated rings. The molecule has 0 saturated heterocycles. The molecule has 8 heteroatoms. The zero-order chi connectivity index (χ0) is 15.1. The van der Waals surface area contributed by atoms with Crippen LogP contribution in [-0.4, -0.2) is 25.2 Å². The first-order chi connectivity index (χ1) is 10.2. The van der Waals surface area contributed by atoms with Crippen LogP contribution in [0.3, 0.4) is 0 Å². The molecule has 0 aliphatic heterocycles. The molecule has 3 N–H and O–H groups in total. The van der Waals surface area contributed by atoms with Gasteiger partial charge in [-0.05, 0) is 17.7 Å². The van der Waals surface area contributed by atoms with Crippen LogP contribution in [0.2, 0.25) is 0 Å². The maximum Gasteiger partial charge on any atom is 0.321 e. The summed E-state index contributed by atoms with van der Waals surface area (Å²) >= 11 is 1.27. The third-order valence-corrected chi connectivity index (χ3v) is 3.33. The van der Waals surface area contributed by atoms with Crippen LogP contribution in [0.1, 0.15) is 5.56 Å². The Bertz CT molecular complexity index is 603. The number of aromatic nitrogens is 1. The van der Waals surface area contributed by atoms with E-state index in [1.54, 1.807) is 13.3 Å². The largest absolute Gasteiger partial charge is 0.497 e. The normalized spacial score (nSPS) is 10.0. The molecule has 2 aromatic rings. The highest BCUT2D eigenvalue weighted by Crippen LogP contribution is 2.22. The van der Waals surface area contributed by atoms with Crippen molar-refractivity contribution in [3.8, 4) is 5.75 Å².